The average molecular weight is 268 g/mol. The minimum absolute atomic E-state index is 0.342. The molecule has 4 heteroatoms. The smallest absolute Gasteiger partial charge is 0.337 e. The Labute approximate surface area is 112 Å². The molecule has 1 aliphatic heterocycles. The zero-order valence-electron chi connectivity index (χ0n) is 10.5. The minimum Gasteiger partial charge on any atom is -0.478 e. The summed E-state index contributed by atoms with van der Waals surface area (Å²) in [6, 6.07) is 4.99. The summed E-state index contributed by atoms with van der Waals surface area (Å²) in [5.41, 5.74) is 1.10. The molecule has 0 spiro atoms. The van der Waals surface area contributed by atoms with E-state index in [2.05, 4.69) is 11.8 Å². The Kier molecular flexibility index (Phi) is 4.12. The minimum atomic E-state index is -0.890. The van der Waals surface area contributed by atoms with Crippen LogP contribution in [0.2, 0.25) is 5.02 Å². The van der Waals surface area contributed by atoms with Crippen LogP contribution < -0.4 is 4.90 Å². The second-order valence-corrected chi connectivity index (χ2v) is 5.43. The number of carbonyl (C=O) groups is 1. The number of carboxylic acid groups (broad SMARTS) is 1. The van der Waals surface area contributed by atoms with Gasteiger partial charge in [-0.3, -0.25) is 0 Å². The van der Waals surface area contributed by atoms with Crippen LogP contribution in [0.5, 0.6) is 0 Å². The van der Waals surface area contributed by atoms with Crippen LogP contribution in [0, 0.1) is 5.92 Å². The highest BCUT2D eigenvalue weighted by Gasteiger charge is 2.19. The molecule has 98 valence electrons. The van der Waals surface area contributed by atoms with Crippen LogP contribution in [-0.2, 0) is 0 Å². The lowest BCUT2D eigenvalue weighted by atomic mass is 10.0. The van der Waals surface area contributed by atoms with Crippen molar-refractivity contribution in [3.63, 3.8) is 0 Å². The molecule has 1 fully saturated rings. The largest absolute Gasteiger partial charge is 0.478 e. The molecule has 2 rings (SSSR count). The van der Waals surface area contributed by atoms with Crippen LogP contribution in [-0.4, -0.2) is 24.2 Å². The van der Waals surface area contributed by atoms with E-state index >= 15 is 0 Å². The third kappa shape index (κ3) is 2.96. The molecule has 1 aromatic carbocycles. The van der Waals surface area contributed by atoms with Crippen LogP contribution >= 0.6 is 11.6 Å². The van der Waals surface area contributed by atoms with Crippen molar-refractivity contribution in [1.29, 1.82) is 0 Å². The van der Waals surface area contributed by atoms with Gasteiger partial charge in [0.1, 0.15) is 0 Å². The number of benzene rings is 1. The molecule has 1 atom stereocenters. The standard InChI is InChI=1S/C14H18ClNO2/c1-10-3-2-7-16(8-6-10)13-9-11(15)4-5-12(13)14(17)18/h4-5,9-10H,2-3,6-8H2,1H3,(H,17,18). The van der Waals surface area contributed by atoms with Gasteiger partial charge in [0.2, 0.25) is 0 Å². The molecular formula is C14H18ClNO2. The summed E-state index contributed by atoms with van der Waals surface area (Å²) in [6.45, 7) is 4.06. The highest BCUT2D eigenvalue weighted by atomic mass is 35.5. The Morgan fingerprint density at radius 3 is 2.89 bits per heavy atom. The van der Waals surface area contributed by atoms with E-state index in [0.29, 0.717) is 16.5 Å². The van der Waals surface area contributed by atoms with Gasteiger partial charge < -0.3 is 10.0 Å². The van der Waals surface area contributed by atoms with Gasteiger partial charge in [0.05, 0.1) is 11.3 Å². The van der Waals surface area contributed by atoms with E-state index < -0.39 is 5.97 Å². The maximum Gasteiger partial charge on any atom is 0.337 e. The van der Waals surface area contributed by atoms with E-state index in [-0.39, 0.29) is 0 Å². The molecule has 0 aliphatic carbocycles. The summed E-state index contributed by atoms with van der Waals surface area (Å²) in [6.07, 6.45) is 3.41. The Morgan fingerprint density at radius 2 is 2.17 bits per heavy atom. The molecule has 0 saturated carbocycles. The zero-order valence-corrected chi connectivity index (χ0v) is 11.3. The predicted octanol–water partition coefficient (Wildman–Crippen LogP) is 3.66. The third-order valence-electron chi connectivity index (χ3n) is 3.55. The second kappa shape index (κ2) is 5.61. The Balaban J connectivity index is 2.30. The first kappa shape index (κ1) is 13.2. The van der Waals surface area contributed by atoms with Gasteiger partial charge in [-0.1, -0.05) is 18.5 Å². The van der Waals surface area contributed by atoms with Gasteiger partial charge in [-0.15, -0.1) is 0 Å². The lowest BCUT2D eigenvalue weighted by Gasteiger charge is -2.24. The first-order chi connectivity index (χ1) is 8.58. The highest BCUT2D eigenvalue weighted by molar-refractivity contribution is 6.31. The highest BCUT2D eigenvalue weighted by Crippen LogP contribution is 2.28. The van der Waals surface area contributed by atoms with Crippen LogP contribution in [0.4, 0.5) is 5.69 Å². The lowest BCUT2D eigenvalue weighted by molar-refractivity contribution is 0.0697. The first-order valence-electron chi connectivity index (χ1n) is 6.35. The van der Waals surface area contributed by atoms with Crippen LogP contribution in [0.25, 0.3) is 0 Å². The fourth-order valence-corrected chi connectivity index (χ4v) is 2.62. The zero-order chi connectivity index (χ0) is 13.1. The number of hydrogen-bond donors (Lipinski definition) is 1. The van der Waals surface area contributed by atoms with Crippen molar-refractivity contribution in [1.82, 2.24) is 0 Å². The summed E-state index contributed by atoms with van der Waals surface area (Å²) in [7, 11) is 0. The monoisotopic (exact) mass is 267 g/mol. The lowest BCUT2D eigenvalue weighted by Crippen LogP contribution is -2.26. The predicted molar refractivity (Wildman–Crippen MR) is 73.6 cm³/mol. The maximum atomic E-state index is 11.3. The molecule has 1 aliphatic rings. The fourth-order valence-electron chi connectivity index (χ4n) is 2.45. The molecule has 1 aromatic rings. The molecule has 0 bridgehead atoms. The van der Waals surface area contributed by atoms with Gasteiger partial charge in [0.15, 0.2) is 0 Å². The number of halogens is 1. The normalized spacial score (nSPS) is 20.6. The summed E-state index contributed by atoms with van der Waals surface area (Å²) in [5.74, 6) is -0.179. The van der Waals surface area contributed by atoms with Gasteiger partial charge in [0.25, 0.3) is 0 Å². The number of hydrogen-bond acceptors (Lipinski definition) is 2. The molecule has 1 heterocycles. The molecular weight excluding hydrogens is 250 g/mol. The van der Waals surface area contributed by atoms with Crippen molar-refractivity contribution < 1.29 is 9.90 Å². The Morgan fingerprint density at radius 1 is 1.39 bits per heavy atom. The van der Waals surface area contributed by atoms with Gasteiger partial charge in [0, 0.05) is 18.1 Å². The van der Waals surface area contributed by atoms with E-state index in [0.717, 1.165) is 31.6 Å². The van der Waals surface area contributed by atoms with Crippen molar-refractivity contribution >= 4 is 23.3 Å². The van der Waals surface area contributed by atoms with E-state index in [1.165, 1.54) is 6.42 Å². The van der Waals surface area contributed by atoms with E-state index in [4.69, 9.17) is 11.6 Å². The van der Waals surface area contributed by atoms with Gasteiger partial charge in [-0.25, -0.2) is 4.79 Å². The van der Waals surface area contributed by atoms with E-state index in [1.54, 1.807) is 18.2 Å². The van der Waals surface area contributed by atoms with Gasteiger partial charge in [-0.05, 0) is 43.4 Å². The summed E-state index contributed by atoms with van der Waals surface area (Å²) in [4.78, 5) is 13.4. The third-order valence-corrected chi connectivity index (χ3v) is 3.78. The molecule has 3 nitrogen and oxygen atoms in total. The van der Waals surface area contributed by atoms with E-state index in [1.807, 2.05) is 0 Å². The number of rotatable bonds is 2. The summed E-state index contributed by atoms with van der Waals surface area (Å²) < 4.78 is 0. The van der Waals surface area contributed by atoms with Crippen LogP contribution in [0.3, 0.4) is 0 Å². The van der Waals surface area contributed by atoms with Crippen molar-refractivity contribution in [2.45, 2.75) is 26.2 Å². The molecule has 1 unspecified atom stereocenters. The maximum absolute atomic E-state index is 11.3. The SMILES string of the molecule is CC1CCCN(c2cc(Cl)ccc2C(=O)O)CC1. The summed E-state index contributed by atoms with van der Waals surface area (Å²) in [5, 5.41) is 9.83. The molecule has 0 amide bonds. The van der Waals surface area contributed by atoms with Crippen molar-refractivity contribution in [3.8, 4) is 0 Å². The Bertz CT molecular complexity index is 447. The van der Waals surface area contributed by atoms with Gasteiger partial charge >= 0.3 is 5.97 Å². The topological polar surface area (TPSA) is 40.5 Å². The average Bonchev–Trinajstić information content (AvgIpc) is 2.53. The number of carboxylic acids is 1. The van der Waals surface area contributed by atoms with Crippen molar-refractivity contribution in [2.75, 3.05) is 18.0 Å². The van der Waals surface area contributed by atoms with Crippen LogP contribution in [0.15, 0.2) is 18.2 Å². The number of anilines is 1. The van der Waals surface area contributed by atoms with Crippen LogP contribution in [0.1, 0.15) is 36.5 Å². The summed E-state index contributed by atoms with van der Waals surface area (Å²) >= 11 is 5.99. The molecule has 18 heavy (non-hydrogen) atoms. The molecule has 0 radical (unpaired) electrons. The molecule has 0 aromatic heterocycles. The second-order valence-electron chi connectivity index (χ2n) is 4.99. The van der Waals surface area contributed by atoms with Crippen molar-refractivity contribution in [3.05, 3.63) is 28.8 Å². The van der Waals surface area contributed by atoms with Crippen molar-refractivity contribution in [2.24, 2.45) is 5.92 Å². The molecule has 1 saturated heterocycles. The number of nitrogens with zero attached hydrogens (tertiary/aromatic N) is 1. The number of aromatic carboxylic acids is 1. The first-order valence-corrected chi connectivity index (χ1v) is 6.73. The van der Waals surface area contributed by atoms with E-state index in [9.17, 15) is 9.90 Å². The Hall–Kier alpha value is -1.22. The fraction of sp³-hybridized carbons (Fsp3) is 0.500. The molecule has 1 N–H and O–H groups in total. The quantitative estimate of drug-likeness (QED) is 0.889. The van der Waals surface area contributed by atoms with Gasteiger partial charge in [-0.2, -0.15) is 0 Å².